The standard InChI is InChI=1S/C28H30N2O5.ClH/c1-3-28(34,21-13-15-22(31)16-14-21)27(25(29)26(33)20-9-5-4-6-10-20)30-24(32)17-12-19-8-7-11-23(18-19)35-2;/h4-18,25,27,31,34H,3,29H2,1-2H3,(H,30,32);1H. The van der Waals surface area contributed by atoms with Gasteiger partial charge in [0, 0.05) is 11.6 Å². The van der Waals surface area contributed by atoms with Crippen molar-refractivity contribution in [3.8, 4) is 11.5 Å². The van der Waals surface area contributed by atoms with Gasteiger partial charge in [-0.05, 0) is 47.9 Å². The Kier molecular flexibility index (Phi) is 10.2. The van der Waals surface area contributed by atoms with Gasteiger partial charge in [0.1, 0.15) is 17.1 Å². The number of ether oxygens (including phenoxy) is 1. The van der Waals surface area contributed by atoms with Gasteiger partial charge in [-0.15, -0.1) is 12.4 Å². The highest BCUT2D eigenvalue weighted by molar-refractivity contribution is 6.01. The predicted molar refractivity (Wildman–Crippen MR) is 142 cm³/mol. The second-order valence-corrected chi connectivity index (χ2v) is 8.18. The Balaban J connectivity index is 0.00000456. The fraction of sp³-hybridized carbons (Fsp3) is 0.214. The van der Waals surface area contributed by atoms with Crippen molar-refractivity contribution in [3.05, 3.63) is 102 Å². The molecule has 3 aromatic carbocycles. The first-order chi connectivity index (χ1) is 16.8. The number of nitrogens with two attached hydrogens (primary N) is 1. The molecule has 0 bridgehead atoms. The topological polar surface area (TPSA) is 122 Å². The van der Waals surface area contributed by atoms with Crippen LogP contribution in [0.5, 0.6) is 11.5 Å². The fourth-order valence-corrected chi connectivity index (χ4v) is 3.92. The van der Waals surface area contributed by atoms with Gasteiger partial charge in [0.15, 0.2) is 5.78 Å². The van der Waals surface area contributed by atoms with Crippen LogP contribution in [0.25, 0.3) is 6.08 Å². The lowest BCUT2D eigenvalue weighted by Gasteiger charge is -2.39. The summed E-state index contributed by atoms with van der Waals surface area (Å²) in [5.74, 6) is -0.273. The lowest BCUT2D eigenvalue weighted by atomic mass is 9.78. The van der Waals surface area contributed by atoms with Crippen molar-refractivity contribution < 1.29 is 24.5 Å². The number of halogens is 1. The Morgan fingerprint density at radius 3 is 2.33 bits per heavy atom. The second-order valence-electron chi connectivity index (χ2n) is 8.18. The molecule has 0 aliphatic rings. The summed E-state index contributed by atoms with van der Waals surface area (Å²) in [6.07, 6.45) is 3.07. The minimum atomic E-state index is -1.68. The molecule has 0 heterocycles. The van der Waals surface area contributed by atoms with E-state index in [0.29, 0.717) is 16.9 Å². The number of phenolic OH excluding ortho intramolecular Hbond substituents is 1. The minimum Gasteiger partial charge on any atom is -0.508 e. The quantitative estimate of drug-likeness (QED) is 0.243. The molecule has 8 heteroatoms. The van der Waals surface area contributed by atoms with Crippen molar-refractivity contribution in [2.75, 3.05) is 7.11 Å². The van der Waals surface area contributed by atoms with Gasteiger partial charge in [-0.1, -0.05) is 61.5 Å². The first-order valence-corrected chi connectivity index (χ1v) is 11.3. The number of carbonyl (C=O) groups excluding carboxylic acids is 2. The Labute approximate surface area is 217 Å². The van der Waals surface area contributed by atoms with Crippen molar-refractivity contribution >= 4 is 30.2 Å². The molecule has 3 rings (SSSR count). The average molecular weight is 511 g/mol. The van der Waals surface area contributed by atoms with Crippen LogP contribution in [-0.4, -0.2) is 41.1 Å². The number of aromatic hydroxyl groups is 1. The van der Waals surface area contributed by atoms with E-state index < -0.39 is 29.4 Å². The molecule has 3 atom stereocenters. The number of benzene rings is 3. The Morgan fingerprint density at radius 1 is 1.06 bits per heavy atom. The summed E-state index contributed by atoms with van der Waals surface area (Å²) in [4.78, 5) is 26.2. The Morgan fingerprint density at radius 2 is 1.72 bits per heavy atom. The highest BCUT2D eigenvalue weighted by atomic mass is 35.5. The van der Waals surface area contributed by atoms with Crippen LogP contribution in [0.3, 0.4) is 0 Å². The van der Waals surface area contributed by atoms with Gasteiger partial charge in [0.2, 0.25) is 5.91 Å². The van der Waals surface area contributed by atoms with Crippen LogP contribution in [0.15, 0.2) is 84.9 Å². The van der Waals surface area contributed by atoms with Crippen LogP contribution in [0.2, 0.25) is 0 Å². The summed E-state index contributed by atoms with van der Waals surface area (Å²) in [6.45, 7) is 1.73. The summed E-state index contributed by atoms with van der Waals surface area (Å²) < 4.78 is 5.20. The molecule has 0 saturated heterocycles. The Bertz CT molecular complexity index is 1180. The molecule has 0 saturated carbocycles. The number of aliphatic hydroxyl groups is 1. The summed E-state index contributed by atoms with van der Waals surface area (Å²) >= 11 is 0. The van der Waals surface area contributed by atoms with E-state index in [2.05, 4.69) is 5.32 Å². The minimum absolute atomic E-state index is 0. The van der Waals surface area contributed by atoms with Crippen molar-refractivity contribution in [2.45, 2.75) is 31.0 Å². The number of methoxy groups -OCH3 is 1. The van der Waals surface area contributed by atoms with Gasteiger partial charge in [0.05, 0.1) is 19.2 Å². The lowest BCUT2D eigenvalue weighted by molar-refractivity contribution is -0.120. The molecule has 190 valence electrons. The van der Waals surface area contributed by atoms with Crippen LogP contribution in [0, 0.1) is 0 Å². The first kappa shape index (κ1) is 28.6. The van der Waals surface area contributed by atoms with E-state index in [-0.39, 0.29) is 24.6 Å². The van der Waals surface area contributed by atoms with Crippen molar-refractivity contribution in [1.29, 1.82) is 0 Å². The summed E-state index contributed by atoms with van der Waals surface area (Å²) in [7, 11) is 1.56. The molecule has 0 aliphatic carbocycles. The molecule has 3 unspecified atom stereocenters. The zero-order chi connectivity index (χ0) is 25.4. The molecule has 5 N–H and O–H groups in total. The summed E-state index contributed by atoms with van der Waals surface area (Å²) in [5.41, 5.74) is 6.24. The van der Waals surface area contributed by atoms with Crippen LogP contribution >= 0.6 is 12.4 Å². The monoisotopic (exact) mass is 510 g/mol. The maximum Gasteiger partial charge on any atom is 0.244 e. The van der Waals surface area contributed by atoms with Crippen LogP contribution < -0.4 is 15.8 Å². The van der Waals surface area contributed by atoms with Gasteiger partial charge < -0.3 is 26.0 Å². The predicted octanol–water partition coefficient (Wildman–Crippen LogP) is 3.83. The van der Waals surface area contributed by atoms with E-state index >= 15 is 0 Å². The zero-order valence-electron chi connectivity index (χ0n) is 20.1. The molecule has 0 spiro atoms. The van der Waals surface area contributed by atoms with Gasteiger partial charge in [0.25, 0.3) is 0 Å². The number of amides is 1. The third kappa shape index (κ3) is 6.73. The first-order valence-electron chi connectivity index (χ1n) is 11.3. The molecule has 36 heavy (non-hydrogen) atoms. The zero-order valence-corrected chi connectivity index (χ0v) is 20.9. The third-order valence-electron chi connectivity index (χ3n) is 5.96. The average Bonchev–Trinajstić information content (AvgIpc) is 2.90. The van der Waals surface area contributed by atoms with Crippen molar-refractivity contribution in [1.82, 2.24) is 5.32 Å². The molecule has 7 nitrogen and oxygen atoms in total. The molecule has 1 amide bonds. The summed E-state index contributed by atoms with van der Waals surface area (Å²) in [6, 6.07) is 19.2. The van der Waals surface area contributed by atoms with Gasteiger partial charge in [-0.2, -0.15) is 0 Å². The van der Waals surface area contributed by atoms with Crippen molar-refractivity contribution in [2.24, 2.45) is 5.73 Å². The number of ketones is 1. The number of hydrogen-bond acceptors (Lipinski definition) is 6. The van der Waals surface area contributed by atoms with Gasteiger partial charge in [-0.3, -0.25) is 9.59 Å². The number of nitrogens with one attached hydrogen (secondary N) is 1. The molecular weight excluding hydrogens is 480 g/mol. The number of hydrogen-bond donors (Lipinski definition) is 4. The number of phenols is 1. The highest BCUT2D eigenvalue weighted by Crippen LogP contribution is 2.32. The van der Waals surface area contributed by atoms with Gasteiger partial charge in [-0.25, -0.2) is 0 Å². The normalized spacial score (nSPS) is 14.2. The highest BCUT2D eigenvalue weighted by Gasteiger charge is 2.44. The number of Topliss-reactive ketones (excluding diaryl/α,β-unsaturated/α-hetero) is 1. The maximum atomic E-state index is 13.2. The van der Waals surface area contributed by atoms with Crippen LogP contribution in [0.4, 0.5) is 0 Å². The van der Waals surface area contributed by atoms with Crippen LogP contribution in [0.1, 0.15) is 34.8 Å². The van der Waals surface area contributed by atoms with Gasteiger partial charge >= 0.3 is 0 Å². The number of carbonyl (C=O) groups is 2. The van der Waals surface area contributed by atoms with Crippen molar-refractivity contribution in [3.63, 3.8) is 0 Å². The van der Waals surface area contributed by atoms with E-state index in [4.69, 9.17) is 10.5 Å². The van der Waals surface area contributed by atoms with E-state index in [0.717, 1.165) is 5.56 Å². The largest absolute Gasteiger partial charge is 0.508 e. The summed E-state index contributed by atoms with van der Waals surface area (Å²) in [5, 5.41) is 24.2. The molecular formula is C28H31ClN2O5. The van der Waals surface area contributed by atoms with E-state index in [1.807, 2.05) is 6.07 Å². The Hall–Kier alpha value is -3.65. The van der Waals surface area contributed by atoms with E-state index in [1.54, 1.807) is 80.8 Å². The molecule has 0 radical (unpaired) electrons. The molecule has 0 aliphatic heterocycles. The smallest absolute Gasteiger partial charge is 0.244 e. The lowest BCUT2D eigenvalue weighted by Crippen LogP contribution is -2.61. The molecule has 0 fully saturated rings. The van der Waals surface area contributed by atoms with E-state index in [1.165, 1.54) is 18.2 Å². The fourth-order valence-electron chi connectivity index (χ4n) is 3.92. The molecule has 3 aromatic rings. The molecule has 0 aromatic heterocycles. The SMILES string of the molecule is CCC(O)(c1ccc(O)cc1)C(NC(=O)C=Cc1cccc(OC)c1)C(N)C(=O)c1ccccc1.Cl. The van der Waals surface area contributed by atoms with Crippen LogP contribution in [-0.2, 0) is 10.4 Å². The number of rotatable bonds is 10. The third-order valence-corrected chi connectivity index (χ3v) is 5.96. The van der Waals surface area contributed by atoms with E-state index in [9.17, 15) is 19.8 Å². The maximum absolute atomic E-state index is 13.2. The second kappa shape index (κ2) is 12.9.